The smallest absolute Gasteiger partial charge is 0.178 e. The molecule has 6 aromatic carbocycles. The largest absolute Gasteiger partial charge is 0.506 e. The van der Waals surface area contributed by atoms with Crippen molar-refractivity contribution in [1.82, 2.24) is 29.9 Å². The molecule has 12 aromatic rings. The number of aromatic amines is 3. The minimum absolute atomic E-state index is 0. The molecule has 3 atom stereocenters. The van der Waals surface area contributed by atoms with Crippen molar-refractivity contribution in [1.29, 1.82) is 0 Å². The molecule has 0 saturated carbocycles. The Hall–Kier alpha value is -8.86. The zero-order chi connectivity index (χ0) is 71.6. The van der Waals surface area contributed by atoms with Crippen molar-refractivity contribution >= 4 is 95.3 Å². The monoisotopic (exact) mass is 1470 g/mol. The summed E-state index contributed by atoms with van der Waals surface area (Å²) in [5.74, 6) is 0.363. The van der Waals surface area contributed by atoms with E-state index in [1.165, 1.54) is 0 Å². The number of aliphatic hydroxyl groups excluding tert-OH is 3. The number of hydrogen-bond acceptors (Lipinski definition) is 19. The highest BCUT2D eigenvalue weighted by Gasteiger charge is 2.34. The number of phenols is 1. The number of sulfone groups is 3. The summed E-state index contributed by atoms with van der Waals surface area (Å²) in [7, 11) is -9.96. The van der Waals surface area contributed by atoms with Gasteiger partial charge >= 0.3 is 0 Å². The molecule has 0 spiro atoms. The minimum atomic E-state index is -3.34. The Kier molecular flexibility index (Phi) is 25.1. The summed E-state index contributed by atoms with van der Waals surface area (Å²) in [4.78, 5) is 24.2. The van der Waals surface area contributed by atoms with Gasteiger partial charge in [0, 0.05) is 50.9 Å². The predicted molar refractivity (Wildman–Crippen MR) is 407 cm³/mol. The first-order chi connectivity index (χ1) is 47.5. The molecular weight excluding hydrogens is 1370 g/mol. The Labute approximate surface area is 602 Å². The standard InChI is InChI=1S/C26H28N2O5S.C23H24N2O5S.C20H18N2O3S.C6H12O3.3CH4/c1-5-34(29,30)19-8-6-7-17(12-19)20-9-10-22(31-14-18-15-32-26(3,4)33-18)24-23(20)21-11-16(2)13-27-25(21)28-24;1-3-31(28,29)17-6-4-5-15(10-17)18-7-8-20(30-13-16(27)12-26)22-21(18)19-9-14(2)11-24-23(19)25-22;1-3-26(24,25)14-6-4-5-13(10-14)15-7-8-17(23)19-18(15)16-9-12(2)11-21-20(16)22-19;1-6(2)8-4-5(3-7)9-6;;;/h6-13,18H,5,14-15H2,1-4H3,(H,27,28);4-11,16,26-27H,3,12-13H2,1-2H3,(H,24,25);4-11,23H,3H2,1-2H3,(H,21,22);5,7H,3-4H2,1-2H3;3*1H4/t18-;16-;;5-;;;/m10.1.../s1. The van der Waals surface area contributed by atoms with Crippen molar-refractivity contribution in [2.75, 3.05) is 56.9 Å². The highest BCUT2D eigenvalue weighted by Crippen LogP contribution is 2.43. The van der Waals surface area contributed by atoms with Crippen LogP contribution in [0.4, 0.5) is 0 Å². The van der Waals surface area contributed by atoms with E-state index in [-0.39, 0.29) is 75.6 Å². The van der Waals surface area contributed by atoms with Gasteiger partial charge in [-0.2, -0.15) is 0 Å². The number of aliphatic hydroxyl groups is 3. The quantitative estimate of drug-likeness (QED) is 0.0445. The molecule has 25 heteroatoms. The fourth-order valence-electron chi connectivity index (χ4n) is 12.1. The Bertz CT molecular complexity index is 5380. The highest BCUT2D eigenvalue weighted by molar-refractivity contribution is 7.92. The molecule has 6 aromatic heterocycles. The summed E-state index contributed by atoms with van der Waals surface area (Å²) in [6, 6.07) is 38.0. The first-order valence-corrected chi connectivity index (χ1v) is 37.7. The van der Waals surface area contributed by atoms with Gasteiger partial charge in [0.1, 0.15) is 65.7 Å². The molecule has 0 unspecified atom stereocenters. The molecular formula is C78H94N6O16S3. The van der Waals surface area contributed by atoms with Crippen molar-refractivity contribution in [2.45, 2.75) is 136 Å². The van der Waals surface area contributed by atoms with Crippen LogP contribution in [0.2, 0.25) is 0 Å². The van der Waals surface area contributed by atoms with Gasteiger partial charge in [-0.05, 0) is 190 Å². The van der Waals surface area contributed by atoms with Crippen LogP contribution >= 0.6 is 0 Å². The van der Waals surface area contributed by atoms with E-state index >= 15 is 0 Å². The lowest BCUT2D eigenvalue weighted by atomic mass is 9.99. The molecule has 550 valence electrons. The molecule has 103 heavy (non-hydrogen) atoms. The van der Waals surface area contributed by atoms with E-state index < -0.39 is 53.8 Å². The predicted octanol–water partition coefficient (Wildman–Crippen LogP) is 14.5. The number of ether oxygens (including phenoxy) is 6. The van der Waals surface area contributed by atoms with E-state index in [9.17, 15) is 35.5 Å². The normalized spacial score (nSPS) is 15.8. The van der Waals surface area contributed by atoms with Gasteiger partial charge < -0.3 is 63.8 Å². The number of aryl methyl sites for hydroxylation is 3. The number of aromatic nitrogens is 6. The number of nitrogens with zero attached hydrogens (tertiary/aromatic N) is 3. The lowest BCUT2D eigenvalue weighted by molar-refractivity contribution is -0.142. The second kappa shape index (κ2) is 32.4. The van der Waals surface area contributed by atoms with Crippen LogP contribution in [0.1, 0.15) is 87.4 Å². The fourth-order valence-corrected chi connectivity index (χ4v) is 14.8. The number of rotatable bonds is 17. The minimum Gasteiger partial charge on any atom is -0.506 e. The van der Waals surface area contributed by atoms with E-state index in [4.69, 9.17) is 38.6 Å². The third-order valence-corrected chi connectivity index (χ3v) is 22.4. The second-order valence-electron chi connectivity index (χ2n) is 25.5. The van der Waals surface area contributed by atoms with Crippen molar-refractivity contribution in [3.05, 3.63) is 163 Å². The van der Waals surface area contributed by atoms with Crippen LogP contribution in [-0.4, -0.2) is 162 Å². The maximum Gasteiger partial charge on any atom is 0.178 e. The van der Waals surface area contributed by atoms with E-state index in [1.54, 1.807) is 99.9 Å². The number of pyridine rings is 3. The van der Waals surface area contributed by atoms with E-state index in [2.05, 4.69) is 36.0 Å². The molecule has 22 nitrogen and oxygen atoms in total. The maximum atomic E-state index is 12.5. The molecule has 8 heterocycles. The van der Waals surface area contributed by atoms with Gasteiger partial charge in [0.15, 0.2) is 41.1 Å². The third kappa shape index (κ3) is 17.5. The Morgan fingerprint density at radius 1 is 0.505 bits per heavy atom. The molecule has 2 fully saturated rings. The summed E-state index contributed by atoms with van der Waals surface area (Å²) in [5, 5.41) is 43.0. The number of hydrogen-bond donors (Lipinski definition) is 7. The van der Waals surface area contributed by atoms with Gasteiger partial charge in [0.25, 0.3) is 0 Å². The Balaban J connectivity index is 0.000000183. The topological polar surface area (TPSA) is 325 Å². The fraction of sp³-hybridized carbons (Fsp3) is 0.346. The lowest BCUT2D eigenvalue weighted by Crippen LogP contribution is -2.25. The molecule has 2 aliphatic heterocycles. The number of phenolic OH excluding ortho intramolecular Hbond substituents is 1. The van der Waals surface area contributed by atoms with Crippen molar-refractivity contribution in [3.8, 4) is 50.6 Å². The third-order valence-electron chi connectivity index (χ3n) is 17.2. The summed E-state index contributed by atoms with van der Waals surface area (Å²) in [6.45, 7) is 19.2. The SMILES string of the molecule is C.C.C.CC1(C)OC[C@@H](CO)O1.CCS(=O)(=O)c1cccc(-c2ccc(O)c3[nH]c4ncc(C)cc4c23)c1.CCS(=O)(=O)c1cccc(-c2ccc(OC[C@@H](O)CO)c3[nH]c4ncc(C)cc4c23)c1.CCS(=O)(=O)c1cccc(-c2ccc(OC[C@@H]3COC(C)(C)O3)c3[nH]c4ncc(C)cc4c23)c1. The van der Waals surface area contributed by atoms with Crippen LogP contribution in [0, 0.1) is 20.8 Å². The van der Waals surface area contributed by atoms with Crippen LogP contribution < -0.4 is 9.47 Å². The van der Waals surface area contributed by atoms with E-state index in [1.807, 2.05) is 109 Å². The van der Waals surface area contributed by atoms with Gasteiger partial charge in [0.05, 0.1) is 74.9 Å². The number of benzene rings is 6. The van der Waals surface area contributed by atoms with Crippen LogP contribution in [0.15, 0.2) is 161 Å². The van der Waals surface area contributed by atoms with Crippen molar-refractivity contribution in [3.63, 3.8) is 0 Å². The number of H-pyrrole nitrogens is 3. The molecule has 7 N–H and O–H groups in total. The van der Waals surface area contributed by atoms with Gasteiger partial charge in [-0.3, -0.25) is 0 Å². The Morgan fingerprint density at radius 3 is 1.21 bits per heavy atom. The molecule has 2 saturated heterocycles. The first kappa shape index (κ1) is 79.8. The lowest BCUT2D eigenvalue weighted by Gasteiger charge is -2.17. The molecule has 14 rings (SSSR count). The zero-order valence-corrected chi connectivity index (χ0v) is 59.7. The van der Waals surface area contributed by atoms with Crippen LogP contribution in [0.3, 0.4) is 0 Å². The highest BCUT2D eigenvalue weighted by atomic mass is 32.2. The molecule has 0 aliphatic carbocycles. The van der Waals surface area contributed by atoms with Crippen LogP contribution in [-0.2, 0) is 48.5 Å². The summed E-state index contributed by atoms with van der Waals surface area (Å²) >= 11 is 0. The summed E-state index contributed by atoms with van der Waals surface area (Å²) in [6.07, 6.45) is 4.07. The maximum absolute atomic E-state index is 12.5. The number of fused-ring (bicyclic) bond motifs is 9. The van der Waals surface area contributed by atoms with Crippen molar-refractivity contribution in [2.24, 2.45) is 0 Å². The number of aromatic hydroxyl groups is 1. The van der Waals surface area contributed by atoms with E-state index in [0.717, 1.165) is 93.6 Å². The van der Waals surface area contributed by atoms with Gasteiger partial charge in [-0.1, -0.05) is 79.4 Å². The zero-order valence-electron chi connectivity index (χ0n) is 57.2. The second-order valence-corrected chi connectivity index (χ2v) is 32.4. The first-order valence-electron chi connectivity index (χ1n) is 32.8. The molecule has 0 radical (unpaired) electrons. The van der Waals surface area contributed by atoms with Crippen LogP contribution in [0.25, 0.3) is 99.2 Å². The van der Waals surface area contributed by atoms with Crippen molar-refractivity contribution < 1.29 is 74.1 Å². The van der Waals surface area contributed by atoms with Gasteiger partial charge in [-0.25, -0.2) is 40.2 Å². The number of nitrogens with one attached hydrogen (secondary N) is 3. The van der Waals surface area contributed by atoms with Gasteiger partial charge in [0.2, 0.25) is 0 Å². The molecule has 0 amide bonds. The van der Waals surface area contributed by atoms with E-state index in [0.29, 0.717) is 63.4 Å². The molecule has 0 bridgehead atoms. The summed E-state index contributed by atoms with van der Waals surface area (Å²) < 4.78 is 108. The average Bonchev–Trinajstić information content (AvgIpc) is 1.63. The average molecular weight is 1470 g/mol. The van der Waals surface area contributed by atoms with Crippen LogP contribution in [0.5, 0.6) is 17.2 Å². The molecule has 2 aliphatic rings. The van der Waals surface area contributed by atoms with Gasteiger partial charge in [-0.15, -0.1) is 0 Å². The Morgan fingerprint density at radius 2 is 0.864 bits per heavy atom. The summed E-state index contributed by atoms with van der Waals surface area (Å²) in [5.41, 5.74) is 12.2.